The Labute approximate surface area is 129 Å². The molecule has 0 spiro atoms. The number of halogens is 1. The zero-order valence-corrected chi connectivity index (χ0v) is 13.4. The second-order valence-electron chi connectivity index (χ2n) is 7.16. The maximum Gasteiger partial charge on any atom is 0.228 e. The predicted octanol–water partition coefficient (Wildman–Crippen LogP) is 2.88. The van der Waals surface area contributed by atoms with Crippen molar-refractivity contribution < 1.29 is 4.79 Å². The molecule has 116 valence electrons. The van der Waals surface area contributed by atoms with Gasteiger partial charge in [-0.1, -0.05) is 19.8 Å². The number of nitrogens with one attached hydrogen (secondary N) is 2. The summed E-state index contributed by atoms with van der Waals surface area (Å²) in [6, 6.07) is 0.446. The monoisotopic (exact) mass is 300 g/mol. The smallest absolute Gasteiger partial charge is 0.228 e. The molecule has 3 fully saturated rings. The second kappa shape index (κ2) is 6.65. The van der Waals surface area contributed by atoms with Crippen molar-refractivity contribution in [2.75, 3.05) is 13.1 Å². The van der Waals surface area contributed by atoms with E-state index >= 15 is 0 Å². The highest BCUT2D eigenvalue weighted by Crippen LogP contribution is 2.44. The van der Waals surface area contributed by atoms with Gasteiger partial charge < -0.3 is 10.6 Å². The first-order valence-electron chi connectivity index (χ1n) is 8.22. The lowest BCUT2D eigenvalue weighted by atomic mass is 9.67. The van der Waals surface area contributed by atoms with Crippen molar-refractivity contribution in [3.8, 4) is 0 Å². The van der Waals surface area contributed by atoms with Crippen LogP contribution in [0.5, 0.6) is 0 Å². The molecule has 3 nitrogen and oxygen atoms in total. The number of hydrogen-bond acceptors (Lipinski definition) is 2. The van der Waals surface area contributed by atoms with Crippen molar-refractivity contribution in [1.82, 2.24) is 10.6 Å². The third-order valence-electron chi connectivity index (χ3n) is 5.84. The first-order valence-corrected chi connectivity index (χ1v) is 8.22. The summed E-state index contributed by atoms with van der Waals surface area (Å²) in [6.07, 6.45) is 9.79. The number of carbonyl (C=O) groups is 1. The zero-order valence-electron chi connectivity index (χ0n) is 12.6. The van der Waals surface area contributed by atoms with E-state index in [9.17, 15) is 4.79 Å². The summed E-state index contributed by atoms with van der Waals surface area (Å²) in [5.74, 6) is 1.80. The molecular formula is C16H29ClN2O. The molecule has 0 aromatic carbocycles. The summed E-state index contributed by atoms with van der Waals surface area (Å²) in [6.45, 7) is 4.29. The van der Waals surface area contributed by atoms with E-state index in [0.29, 0.717) is 17.9 Å². The molecule has 2 atom stereocenters. The van der Waals surface area contributed by atoms with Gasteiger partial charge in [0.25, 0.3) is 0 Å². The average molecular weight is 301 g/mol. The Morgan fingerprint density at radius 1 is 1.15 bits per heavy atom. The molecule has 0 radical (unpaired) electrons. The molecule has 4 heteroatoms. The number of carbonyl (C=O) groups excluding carboxylic acids is 1. The number of fused-ring (bicyclic) bond motifs is 1. The number of amides is 1. The summed E-state index contributed by atoms with van der Waals surface area (Å²) in [7, 11) is 0. The maximum atomic E-state index is 12.8. The highest BCUT2D eigenvalue weighted by molar-refractivity contribution is 5.85. The highest BCUT2D eigenvalue weighted by atomic mass is 35.5. The second-order valence-corrected chi connectivity index (χ2v) is 7.16. The van der Waals surface area contributed by atoms with Gasteiger partial charge in [0.05, 0.1) is 5.41 Å². The van der Waals surface area contributed by atoms with Crippen molar-refractivity contribution in [3.05, 3.63) is 0 Å². The molecule has 1 saturated heterocycles. The SMILES string of the molecule is CC1CCC(NC(=O)[C@@]23CCCC[C@H]2CNC3)CC1.Cl. The third-order valence-corrected chi connectivity index (χ3v) is 5.84. The quantitative estimate of drug-likeness (QED) is 0.823. The van der Waals surface area contributed by atoms with Crippen LogP contribution in [0.2, 0.25) is 0 Å². The van der Waals surface area contributed by atoms with Crippen LogP contribution in [0.1, 0.15) is 58.3 Å². The molecule has 2 N–H and O–H groups in total. The van der Waals surface area contributed by atoms with Gasteiger partial charge in [0.1, 0.15) is 0 Å². The van der Waals surface area contributed by atoms with E-state index < -0.39 is 0 Å². The van der Waals surface area contributed by atoms with Crippen LogP contribution in [-0.2, 0) is 4.79 Å². The third kappa shape index (κ3) is 2.99. The molecule has 1 aliphatic heterocycles. The molecule has 20 heavy (non-hydrogen) atoms. The van der Waals surface area contributed by atoms with E-state index in [2.05, 4.69) is 17.6 Å². The van der Waals surface area contributed by atoms with E-state index in [1.54, 1.807) is 0 Å². The maximum absolute atomic E-state index is 12.8. The lowest BCUT2D eigenvalue weighted by Crippen LogP contribution is -2.51. The van der Waals surface area contributed by atoms with Crippen LogP contribution in [0.3, 0.4) is 0 Å². The standard InChI is InChI=1S/C16H28N2O.ClH/c1-12-5-7-14(8-6-12)18-15(19)16-9-3-2-4-13(16)10-17-11-16;/h12-14,17H,2-11H2,1H3,(H,18,19);1H/t12?,13-,14?,16+;/m0./s1. The largest absolute Gasteiger partial charge is 0.353 e. The van der Waals surface area contributed by atoms with Gasteiger partial charge in [-0.15, -0.1) is 12.4 Å². The van der Waals surface area contributed by atoms with E-state index in [0.717, 1.165) is 25.4 Å². The van der Waals surface area contributed by atoms with E-state index in [1.165, 1.54) is 44.9 Å². The molecular weight excluding hydrogens is 272 g/mol. The molecule has 2 saturated carbocycles. The molecule has 0 unspecified atom stereocenters. The summed E-state index contributed by atoms with van der Waals surface area (Å²) >= 11 is 0. The Hall–Kier alpha value is -0.280. The fourth-order valence-electron chi connectivity index (χ4n) is 4.42. The van der Waals surface area contributed by atoms with Crippen LogP contribution in [0, 0.1) is 17.3 Å². The van der Waals surface area contributed by atoms with E-state index in [4.69, 9.17) is 0 Å². The molecule has 3 rings (SSSR count). The van der Waals surface area contributed by atoms with Gasteiger partial charge in [-0.25, -0.2) is 0 Å². The van der Waals surface area contributed by atoms with Crippen LogP contribution >= 0.6 is 12.4 Å². The van der Waals surface area contributed by atoms with Crippen molar-refractivity contribution in [3.63, 3.8) is 0 Å². The first-order chi connectivity index (χ1) is 9.21. The Balaban J connectivity index is 0.00000147. The Morgan fingerprint density at radius 2 is 1.90 bits per heavy atom. The van der Waals surface area contributed by atoms with Gasteiger partial charge in [-0.05, 0) is 56.9 Å². The lowest BCUT2D eigenvalue weighted by molar-refractivity contribution is -0.135. The van der Waals surface area contributed by atoms with Gasteiger partial charge in [0, 0.05) is 12.6 Å². The van der Waals surface area contributed by atoms with Gasteiger partial charge >= 0.3 is 0 Å². The van der Waals surface area contributed by atoms with Gasteiger partial charge in [0.2, 0.25) is 5.91 Å². The van der Waals surface area contributed by atoms with Crippen LogP contribution in [-0.4, -0.2) is 25.0 Å². The molecule has 0 bridgehead atoms. The number of hydrogen-bond donors (Lipinski definition) is 2. The molecule has 2 aliphatic carbocycles. The topological polar surface area (TPSA) is 41.1 Å². The molecule has 0 aromatic rings. The highest BCUT2D eigenvalue weighted by Gasteiger charge is 2.50. The Bertz CT molecular complexity index is 341. The Morgan fingerprint density at radius 3 is 2.65 bits per heavy atom. The summed E-state index contributed by atoms with van der Waals surface area (Å²) in [5.41, 5.74) is -0.0681. The van der Waals surface area contributed by atoms with Gasteiger partial charge in [0.15, 0.2) is 0 Å². The first kappa shape index (κ1) is 16.1. The fraction of sp³-hybridized carbons (Fsp3) is 0.938. The van der Waals surface area contributed by atoms with E-state index in [1.807, 2.05) is 0 Å². The fourth-order valence-corrected chi connectivity index (χ4v) is 4.42. The van der Waals surface area contributed by atoms with Crippen LogP contribution in [0.25, 0.3) is 0 Å². The lowest BCUT2D eigenvalue weighted by Gasteiger charge is -2.39. The normalized spacial score (nSPS) is 40.5. The Kier molecular flexibility index (Phi) is 5.36. The average Bonchev–Trinajstić information content (AvgIpc) is 2.86. The molecule has 1 amide bonds. The summed E-state index contributed by atoms with van der Waals surface area (Å²) < 4.78 is 0. The minimum Gasteiger partial charge on any atom is -0.353 e. The molecule has 0 aromatic heterocycles. The van der Waals surface area contributed by atoms with Crippen molar-refractivity contribution in [2.24, 2.45) is 17.3 Å². The zero-order chi connectivity index (χ0) is 13.3. The molecule has 3 aliphatic rings. The van der Waals surface area contributed by atoms with Gasteiger partial charge in [-0.3, -0.25) is 4.79 Å². The van der Waals surface area contributed by atoms with Crippen molar-refractivity contribution in [2.45, 2.75) is 64.3 Å². The minimum atomic E-state index is -0.0681. The summed E-state index contributed by atoms with van der Waals surface area (Å²) in [4.78, 5) is 12.8. The van der Waals surface area contributed by atoms with E-state index in [-0.39, 0.29) is 17.8 Å². The predicted molar refractivity (Wildman–Crippen MR) is 84.1 cm³/mol. The minimum absolute atomic E-state index is 0. The molecule has 1 heterocycles. The summed E-state index contributed by atoms with van der Waals surface area (Å²) in [5, 5.41) is 6.86. The van der Waals surface area contributed by atoms with Crippen molar-refractivity contribution >= 4 is 18.3 Å². The van der Waals surface area contributed by atoms with Crippen LogP contribution in [0.4, 0.5) is 0 Å². The van der Waals surface area contributed by atoms with Crippen molar-refractivity contribution in [1.29, 1.82) is 0 Å². The number of rotatable bonds is 2. The van der Waals surface area contributed by atoms with Crippen LogP contribution in [0.15, 0.2) is 0 Å². The van der Waals surface area contributed by atoms with Crippen LogP contribution < -0.4 is 10.6 Å². The van der Waals surface area contributed by atoms with Gasteiger partial charge in [-0.2, -0.15) is 0 Å².